The first kappa shape index (κ1) is 22.6. The average Bonchev–Trinajstić information content (AvgIpc) is 3.07. The van der Waals surface area contributed by atoms with Crippen LogP contribution in [-0.2, 0) is 9.59 Å². The Balaban J connectivity index is 2.01. The quantitative estimate of drug-likeness (QED) is 0.378. The van der Waals surface area contributed by atoms with Gasteiger partial charge in [-0.25, -0.2) is 0 Å². The number of amides is 1. The molecule has 1 unspecified atom stereocenters. The van der Waals surface area contributed by atoms with Gasteiger partial charge >= 0.3 is 0 Å². The smallest absolute Gasteiger partial charge is 0.295 e. The fourth-order valence-electron chi connectivity index (χ4n) is 4.02. The van der Waals surface area contributed by atoms with E-state index in [1.807, 2.05) is 30.3 Å². The number of rotatable bonds is 9. The number of likely N-dealkylation sites (tertiary alicyclic amines) is 1. The maximum atomic E-state index is 13.0. The normalized spacial score (nSPS) is 18.1. The molecule has 0 aliphatic carbocycles. The molecular weight excluding hydrogens is 392 g/mol. The molecule has 0 saturated carbocycles. The van der Waals surface area contributed by atoms with Crippen molar-refractivity contribution >= 4 is 17.4 Å². The van der Waals surface area contributed by atoms with Crippen LogP contribution in [0, 0.1) is 0 Å². The zero-order valence-corrected chi connectivity index (χ0v) is 18.4. The van der Waals surface area contributed by atoms with E-state index in [0.717, 1.165) is 31.6 Å². The second-order valence-electron chi connectivity index (χ2n) is 7.52. The summed E-state index contributed by atoms with van der Waals surface area (Å²) >= 11 is 0. The SMILES string of the molecule is CCN(CC)CCCN1C(=O)C(=O)C(=C(O)c2cccc(OC)c2)C1c1ccccc1. The van der Waals surface area contributed by atoms with E-state index in [4.69, 9.17) is 4.74 Å². The summed E-state index contributed by atoms with van der Waals surface area (Å²) in [5.41, 5.74) is 1.36. The summed E-state index contributed by atoms with van der Waals surface area (Å²) in [5, 5.41) is 11.1. The number of ketones is 1. The van der Waals surface area contributed by atoms with E-state index in [1.54, 1.807) is 29.2 Å². The largest absolute Gasteiger partial charge is 0.507 e. The standard InChI is InChI=1S/C25H30N2O4/c1-4-26(5-2)15-10-16-27-22(18-11-7-6-8-12-18)21(24(29)25(27)30)23(28)19-13-9-14-20(17-19)31-3/h6-9,11-14,17,22,28H,4-5,10,15-16H2,1-3H3. The van der Waals surface area contributed by atoms with Gasteiger partial charge in [-0.1, -0.05) is 56.3 Å². The Morgan fingerprint density at radius 3 is 2.42 bits per heavy atom. The van der Waals surface area contributed by atoms with Gasteiger partial charge in [-0.05, 0) is 43.8 Å². The highest BCUT2D eigenvalue weighted by Gasteiger charge is 2.45. The number of aliphatic hydroxyl groups is 1. The van der Waals surface area contributed by atoms with Crippen LogP contribution in [0.5, 0.6) is 5.75 Å². The van der Waals surface area contributed by atoms with Crippen molar-refractivity contribution in [1.29, 1.82) is 0 Å². The van der Waals surface area contributed by atoms with Crippen molar-refractivity contribution in [3.8, 4) is 5.75 Å². The van der Waals surface area contributed by atoms with Gasteiger partial charge in [-0.15, -0.1) is 0 Å². The molecule has 1 atom stereocenters. The Morgan fingerprint density at radius 2 is 1.77 bits per heavy atom. The zero-order valence-electron chi connectivity index (χ0n) is 18.4. The number of hydrogen-bond acceptors (Lipinski definition) is 5. The lowest BCUT2D eigenvalue weighted by Crippen LogP contribution is -2.33. The Morgan fingerprint density at radius 1 is 1.06 bits per heavy atom. The lowest BCUT2D eigenvalue weighted by atomic mass is 9.95. The summed E-state index contributed by atoms with van der Waals surface area (Å²) in [7, 11) is 1.54. The van der Waals surface area contributed by atoms with Crippen LogP contribution in [0.25, 0.3) is 5.76 Å². The third kappa shape index (κ3) is 4.80. The molecule has 0 bridgehead atoms. The van der Waals surface area contributed by atoms with Crippen LogP contribution in [-0.4, -0.2) is 59.9 Å². The maximum Gasteiger partial charge on any atom is 0.295 e. The van der Waals surface area contributed by atoms with Gasteiger partial charge < -0.3 is 19.6 Å². The molecule has 6 heteroatoms. The van der Waals surface area contributed by atoms with Crippen molar-refractivity contribution in [2.24, 2.45) is 0 Å². The van der Waals surface area contributed by atoms with E-state index in [2.05, 4.69) is 18.7 Å². The van der Waals surface area contributed by atoms with E-state index in [0.29, 0.717) is 17.9 Å². The molecule has 1 fully saturated rings. The molecule has 1 aliphatic rings. The minimum Gasteiger partial charge on any atom is -0.507 e. The predicted octanol–water partition coefficient (Wildman–Crippen LogP) is 3.85. The Bertz CT molecular complexity index is 951. The van der Waals surface area contributed by atoms with E-state index in [-0.39, 0.29) is 11.3 Å². The highest BCUT2D eigenvalue weighted by atomic mass is 16.5. The van der Waals surface area contributed by atoms with Crippen LogP contribution in [0.3, 0.4) is 0 Å². The third-order valence-corrected chi connectivity index (χ3v) is 5.77. The lowest BCUT2D eigenvalue weighted by Gasteiger charge is -2.26. The highest BCUT2D eigenvalue weighted by Crippen LogP contribution is 2.39. The summed E-state index contributed by atoms with van der Waals surface area (Å²) in [5.74, 6) is -0.846. The molecule has 1 aliphatic heterocycles. The Labute approximate surface area is 183 Å². The minimum absolute atomic E-state index is 0.118. The van der Waals surface area contributed by atoms with Gasteiger partial charge in [0.05, 0.1) is 18.7 Å². The van der Waals surface area contributed by atoms with Crippen molar-refractivity contribution < 1.29 is 19.4 Å². The molecule has 164 valence electrons. The van der Waals surface area contributed by atoms with Gasteiger partial charge in [0.2, 0.25) is 0 Å². The number of carbonyl (C=O) groups is 2. The monoisotopic (exact) mass is 422 g/mol. The van der Waals surface area contributed by atoms with Gasteiger partial charge in [-0.3, -0.25) is 9.59 Å². The number of benzene rings is 2. The molecule has 1 saturated heterocycles. The van der Waals surface area contributed by atoms with E-state index in [9.17, 15) is 14.7 Å². The molecule has 1 amide bonds. The number of carbonyl (C=O) groups excluding carboxylic acids is 2. The minimum atomic E-state index is -0.656. The fourth-order valence-corrected chi connectivity index (χ4v) is 4.02. The summed E-state index contributed by atoms with van der Waals surface area (Å²) in [6, 6.07) is 15.6. The van der Waals surface area contributed by atoms with Crippen LogP contribution in [0.15, 0.2) is 60.2 Å². The molecule has 6 nitrogen and oxygen atoms in total. The lowest BCUT2D eigenvalue weighted by molar-refractivity contribution is -0.140. The second kappa shape index (κ2) is 10.3. The molecule has 3 rings (SSSR count). The molecule has 0 spiro atoms. The van der Waals surface area contributed by atoms with E-state index < -0.39 is 17.7 Å². The molecule has 2 aromatic carbocycles. The molecule has 31 heavy (non-hydrogen) atoms. The number of hydrogen-bond donors (Lipinski definition) is 1. The molecular formula is C25H30N2O4. The number of aliphatic hydroxyl groups excluding tert-OH is 1. The Kier molecular flexibility index (Phi) is 7.47. The average molecular weight is 423 g/mol. The van der Waals surface area contributed by atoms with Crippen LogP contribution in [0.1, 0.15) is 37.4 Å². The second-order valence-corrected chi connectivity index (χ2v) is 7.52. The van der Waals surface area contributed by atoms with Crippen LogP contribution in [0.2, 0.25) is 0 Å². The van der Waals surface area contributed by atoms with Crippen LogP contribution in [0.4, 0.5) is 0 Å². The first-order chi connectivity index (χ1) is 15.0. The number of Topliss-reactive ketones (excluding diaryl/α,β-unsaturated/α-hetero) is 1. The van der Waals surface area contributed by atoms with Crippen LogP contribution < -0.4 is 4.74 Å². The van der Waals surface area contributed by atoms with Gasteiger partial charge in [-0.2, -0.15) is 0 Å². The number of ether oxygens (including phenoxy) is 1. The first-order valence-electron chi connectivity index (χ1n) is 10.7. The van der Waals surface area contributed by atoms with Gasteiger partial charge in [0.15, 0.2) is 0 Å². The van der Waals surface area contributed by atoms with Crippen LogP contribution >= 0.6 is 0 Å². The molecule has 1 N–H and O–H groups in total. The van der Waals surface area contributed by atoms with E-state index in [1.165, 1.54) is 7.11 Å². The van der Waals surface area contributed by atoms with Gasteiger partial charge in [0, 0.05) is 12.1 Å². The van der Waals surface area contributed by atoms with Crippen molar-refractivity contribution in [2.75, 3.05) is 33.3 Å². The molecule has 1 heterocycles. The number of methoxy groups -OCH3 is 1. The van der Waals surface area contributed by atoms with Gasteiger partial charge in [0.25, 0.3) is 11.7 Å². The van der Waals surface area contributed by atoms with E-state index >= 15 is 0 Å². The zero-order chi connectivity index (χ0) is 22.4. The maximum absolute atomic E-state index is 13.0. The van der Waals surface area contributed by atoms with Crippen molar-refractivity contribution in [3.63, 3.8) is 0 Å². The number of nitrogens with zero attached hydrogens (tertiary/aromatic N) is 2. The molecule has 0 radical (unpaired) electrons. The topological polar surface area (TPSA) is 70.1 Å². The summed E-state index contributed by atoms with van der Waals surface area (Å²) in [4.78, 5) is 29.9. The Hall–Kier alpha value is -3.12. The fraction of sp³-hybridized carbons (Fsp3) is 0.360. The summed E-state index contributed by atoms with van der Waals surface area (Å²) in [6.45, 7) is 7.37. The first-order valence-corrected chi connectivity index (χ1v) is 10.7. The highest BCUT2D eigenvalue weighted by molar-refractivity contribution is 6.46. The van der Waals surface area contributed by atoms with Gasteiger partial charge in [0.1, 0.15) is 11.5 Å². The van der Waals surface area contributed by atoms with Crippen molar-refractivity contribution in [3.05, 3.63) is 71.3 Å². The third-order valence-electron chi connectivity index (χ3n) is 5.77. The summed E-state index contributed by atoms with van der Waals surface area (Å²) in [6.07, 6.45) is 0.747. The van der Waals surface area contributed by atoms with Crippen molar-refractivity contribution in [1.82, 2.24) is 9.80 Å². The predicted molar refractivity (Wildman–Crippen MR) is 121 cm³/mol. The van der Waals surface area contributed by atoms with Crippen molar-refractivity contribution in [2.45, 2.75) is 26.3 Å². The molecule has 0 aromatic heterocycles. The molecule has 2 aromatic rings. The summed E-state index contributed by atoms with van der Waals surface area (Å²) < 4.78 is 5.24.